The van der Waals surface area contributed by atoms with Gasteiger partial charge in [0.1, 0.15) is 0 Å². The third kappa shape index (κ3) is 12.1. The minimum atomic E-state index is -1.83. The number of fused-ring (bicyclic) bond motifs is 5. The molecule has 1 aromatic carbocycles. The third-order valence-corrected chi connectivity index (χ3v) is 21.9. The van der Waals surface area contributed by atoms with Gasteiger partial charge in [0.2, 0.25) is 0 Å². The van der Waals surface area contributed by atoms with Crippen LogP contribution >= 0.6 is 0 Å². The van der Waals surface area contributed by atoms with Gasteiger partial charge >= 0.3 is 7.05 Å². The second kappa shape index (κ2) is 21.0. The van der Waals surface area contributed by atoms with Crippen LogP contribution in [0.4, 0.5) is 4.79 Å². The van der Waals surface area contributed by atoms with E-state index in [1.54, 1.807) is 0 Å². The SMILES string of the molecule is [B]C(=O)NCCCCN(CCCNC1CC[C@@]2(C)C(C1)C[C@H](OCc1ccccc1)C1C2CC[C@@]2(C)C1CC[C@@H]2[C@@H](C)CCC(O[Si](C)(C)C(C)(C)C)C(C)C)B(C)O. The van der Waals surface area contributed by atoms with Crippen LogP contribution in [0.25, 0.3) is 0 Å². The topological polar surface area (TPSA) is 83.1 Å². The molecule has 59 heavy (non-hydrogen) atoms. The molecule has 6 unspecified atom stereocenters. The van der Waals surface area contributed by atoms with Crippen LogP contribution < -0.4 is 10.6 Å². The lowest BCUT2D eigenvalue weighted by molar-refractivity contribution is -0.185. The van der Waals surface area contributed by atoms with Gasteiger partial charge in [-0.1, -0.05) is 85.7 Å². The summed E-state index contributed by atoms with van der Waals surface area (Å²) in [6.07, 6.45) is 16.4. The Labute approximate surface area is 365 Å². The molecule has 1 aromatic rings. The van der Waals surface area contributed by atoms with Crippen molar-refractivity contribution >= 4 is 29.0 Å². The Kier molecular flexibility index (Phi) is 17.4. The number of hydrogen-bond acceptors (Lipinski definition) is 6. The molecule has 0 spiro atoms. The highest BCUT2D eigenvalue weighted by atomic mass is 28.4. The molecule has 0 bridgehead atoms. The highest BCUT2D eigenvalue weighted by Gasteiger charge is 2.63. The predicted octanol–water partition coefficient (Wildman–Crippen LogP) is 10.7. The average molecular weight is 832 g/mol. The fraction of sp³-hybridized carbons (Fsp3) is 0.857. The van der Waals surface area contributed by atoms with Crippen molar-refractivity contribution in [2.45, 2.75) is 189 Å². The van der Waals surface area contributed by atoms with E-state index >= 15 is 0 Å². The lowest BCUT2D eigenvalue weighted by Crippen LogP contribution is -2.60. The van der Waals surface area contributed by atoms with Crippen LogP contribution in [0.1, 0.15) is 144 Å². The standard InChI is InChI=1S/C49H87B2N3O4Si/c1-35(2)43(58-59(10,11)47(4,5)6)23-20-36(3)40-21-22-41-45-42(25-27-49(40,41)8)48(7)26-24-39(32-38(48)33-44(45)57-34-37-18-13-12-14-19-37)52-29-17-31-54(51(9)56)30-16-15-28-53-46(50)55/h12-14,18-19,35-36,38-45,52,56H,15-17,20-34H2,1-11H3,(H,53,55)/t36-,38?,39?,40+,41?,42?,43?,44-,45?,48-,49+/m0/s1. The molecule has 4 saturated carbocycles. The molecule has 2 radical (unpaired) electrons. The van der Waals surface area contributed by atoms with E-state index in [0.29, 0.717) is 59.3 Å². The van der Waals surface area contributed by atoms with Crippen LogP contribution in [0.5, 0.6) is 0 Å². The zero-order valence-corrected chi connectivity index (χ0v) is 40.7. The molecule has 4 aliphatic carbocycles. The maximum absolute atomic E-state index is 11.0. The van der Waals surface area contributed by atoms with Gasteiger partial charge in [-0.05, 0) is 186 Å². The van der Waals surface area contributed by atoms with Crippen molar-refractivity contribution in [2.75, 3.05) is 26.2 Å². The summed E-state index contributed by atoms with van der Waals surface area (Å²) in [5.41, 5.74) is 2.05. The smallest absolute Gasteiger partial charge is 0.376 e. The highest BCUT2D eigenvalue weighted by molar-refractivity contribution is 6.74. The molecule has 10 heteroatoms. The summed E-state index contributed by atoms with van der Waals surface area (Å²) in [6, 6.07) is 11.4. The highest BCUT2D eigenvalue weighted by Crippen LogP contribution is 2.69. The Morgan fingerprint density at radius 2 is 1.63 bits per heavy atom. The number of nitrogens with zero attached hydrogens (tertiary/aromatic N) is 1. The molecule has 5 rings (SSSR count). The molecule has 4 aliphatic rings. The van der Waals surface area contributed by atoms with Crippen molar-refractivity contribution in [3.8, 4) is 0 Å². The monoisotopic (exact) mass is 832 g/mol. The molecule has 7 nitrogen and oxygen atoms in total. The summed E-state index contributed by atoms with van der Waals surface area (Å²) in [5.74, 6) is 4.35. The second-order valence-corrected chi connectivity index (χ2v) is 27.2. The molecular weight excluding hydrogens is 744 g/mol. The van der Waals surface area contributed by atoms with Crippen LogP contribution in [-0.2, 0) is 15.8 Å². The van der Waals surface area contributed by atoms with Crippen LogP contribution in [-0.4, -0.2) is 83.3 Å². The van der Waals surface area contributed by atoms with E-state index in [9.17, 15) is 9.82 Å². The van der Waals surface area contributed by atoms with E-state index in [2.05, 4.69) is 114 Å². The first-order valence-corrected chi connectivity index (χ1v) is 27.2. The number of unbranched alkanes of at least 4 members (excludes halogenated alkanes) is 1. The van der Waals surface area contributed by atoms with Gasteiger partial charge in [0.05, 0.1) is 12.7 Å². The molecular formula is C49H87B2N3O4Si. The van der Waals surface area contributed by atoms with Gasteiger partial charge < -0.3 is 29.6 Å². The van der Waals surface area contributed by atoms with Crippen molar-refractivity contribution in [1.29, 1.82) is 0 Å². The van der Waals surface area contributed by atoms with Gasteiger partial charge in [-0.25, -0.2) is 0 Å². The Bertz CT molecular complexity index is 1450. The number of nitrogens with one attached hydrogen (secondary N) is 2. The quantitative estimate of drug-likeness (QED) is 0.0846. The van der Waals surface area contributed by atoms with Crippen molar-refractivity contribution < 1.29 is 19.0 Å². The van der Waals surface area contributed by atoms with Gasteiger partial charge in [-0.2, -0.15) is 0 Å². The lowest BCUT2D eigenvalue weighted by atomic mass is 9.43. The average Bonchev–Trinajstić information content (AvgIpc) is 3.53. The fourth-order valence-corrected chi connectivity index (χ4v) is 14.2. The van der Waals surface area contributed by atoms with Crippen molar-refractivity contribution in [1.82, 2.24) is 15.4 Å². The first-order valence-electron chi connectivity index (χ1n) is 24.3. The minimum absolute atomic E-state index is 0.234. The molecule has 3 N–H and O–H groups in total. The number of carbonyl (C=O) groups is 1. The van der Waals surface area contributed by atoms with Crippen molar-refractivity contribution in [3.63, 3.8) is 0 Å². The normalized spacial score (nSPS) is 32.0. The van der Waals surface area contributed by atoms with E-state index in [1.807, 2.05) is 6.82 Å². The van der Waals surface area contributed by atoms with E-state index < -0.39 is 21.2 Å². The molecule has 0 aromatic heterocycles. The zero-order valence-electron chi connectivity index (χ0n) is 39.7. The fourth-order valence-electron chi connectivity index (χ4n) is 12.7. The maximum atomic E-state index is 11.0. The summed E-state index contributed by atoms with van der Waals surface area (Å²) in [6.45, 7) is 30.6. The predicted molar refractivity (Wildman–Crippen MR) is 251 cm³/mol. The maximum Gasteiger partial charge on any atom is 0.376 e. The van der Waals surface area contributed by atoms with Crippen LogP contribution in [0.2, 0.25) is 25.0 Å². The van der Waals surface area contributed by atoms with Crippen molar-refractivity contribution in [3.05, 3.63) is 35.9 Å². The number of hydrogen-bond donors (Lipinski definition) is 3. The summed E-state index contributed by atoms with van der Waals surface area (Å²) >= 11 is 0. The second-order valence-electron chi connectivity index (χ2n) is 22.5. The van der Waals surface area contributed by atoms with Gasteiger partial charge in [-0.15, -0.1) is 0 Å². The third-order valence-electron chi connectivity index (χ3n) is 17.4. The van der Waals surface area contributed by atoms with Crippen molar-refractivity contribution in [2.24, 2.45) is 52.3 Å². The largest absolute Gasteiger partial charge is 0.437 e. The van der Waals surface area contributed by atoms with E-state index in [1.165, 1.54) is 69.8 Å². The van der Waals surface area contributed by atoms with Gasteiger partial charge in [-0.3, -0.25) is 4.79 Å². The van der Waals surface area contributed by atoms with Gasteiger partial charge in [0.15, 0.2) is 22.0 Å². The molecule has 1 amide bonds. The first kappa shape index (κ1) is 48.9. The molecule has 0 saturated heterocycles. The summed E-state index contributed by atoms with van der Waals surface area (Å²) in [4.78, 5) is 13.1. The number of carbonyl (C=O) groups excluding carboxylic acids is 1. The molecule has 332 valence electrons. The van der Waals surface area contributed by atoms with Crippen LogP contribution in [0, 0.1) is 52.3 Å². The summed E-state index contributed by atoms with van der Waals surface area (Å²) in [7, 11) is 2.90. The first-order chi connectivity index (χ1) is 27.8. The number of rotatable bonds is 21. The lowest BCUT2D eigenvalue weighted by Gasteiger charge is -2.63. The van der Waals surface area contributed by atoms with Gasteiger partial charge in [0, 0.05) is 18.7 Å². The van der Waals surface area contributed by atoms with E-state index in [0.717, 1.165) is 63.3 Å². The molecule has 11 atom stereocenters. The van der Waals surface area contributed by atoms with E-state index in [4.69, 9.17) is 17.0 Å². The van der Waals surface area contributed by atoms with Crippen LogP contribution in [0.15, 0.2) is 30.3 Å². The number of ether oxygens (including phenoxy) is 1. The molecule has 4 fully saturated rings. The summed E-state index contributed by atoms with van der Waals surface area (Å²) in [5, 5.41) is 17.3. The van der Waals surface area contributed by atoms with E-state index in [-0.39, 0.29) is 5.04 Å². The Balaban J connectivity index is 1.23. The Hall–Kier alpha value is -1.16. The zero-order chi connectivity index (χ0) is 43.2. The van der Waals surface area contributed by atoms with Gasteiger partial charge in [0.25, 0.3) is 0 Å². The Morgan fingerprint density at radius 3 is 2.29 bits per heavy atom. The summed E-state index contributed by atoms with van der Waals surface area (Å²) < 4.78 is 14.3. The molecule has 0 heterocycles. The Morgan fingerprint density at radius 1 is 0.949 bits per heavy atom. The van der Waals surface area contributed by atoms with Crippen LogP contribution in [0.3, 0.4) is 0 Å². The number of amides is 1. The number of benzene rings is 1. The minimum Gasteiger partial charge on any atom is -0.437 e. The molecule has 0 aliphatic heterocycles.